The number of alkyl halides is 3. The number of para-hydroxylation sites is 1. The molecule has 3 N–H and O–H groups in total. The van der Waals surface area contributed by atoms with E-state index in [4.69, 9.17) is 16.7 Å². The van der Waals surface area contributed by atoms with Crippen LogP contribution in [0, 0.1) is 0 Å². The van der Waals surface area contributed by atoms with Crippen LogP contribution >= 0.6 is 11.6 Å². The van der Waals surface area contributed by atoms with Crippen molar-refractivity contribution in [3.8, 4) is 5.75 Å². The van der Waals surface area contributed by atoms with Crippen LogP contribution in [0.4, 0.5) is 13.2 Å². The van der Waals surface area contributed by atoms with Crippen molar-refractivity contribution in [3.05, 3.63) is 28.8 Å². The minimum absolute atomic E-state index is 0.0144. The highest BCUT2D eigenvalue weighted by molar-refractivity contribution is 6.32. The van der Waals surface area contributed by atoms with E-state index < -0.39 is 18.8 Å². The molecule has 0 spiro atoms. The lowest BCUT2D eigenvalue weighted by Gasteiger charge is -2.15. The molecule has 0 aliphatic heterocycles. The molecular weight excluding hydrogens is 259 g/mol. The van der Waals surface area contributed by atoms with Crippen LogP contribution in [0.5, 0.6) is 5.75 Å². The number of halogens is 4. The lowest BCUT2D eigenvalue weighted by molar-refractivity contribution is -0.201. The fourth-order valence-electron chi connectivity index (χ4n) is 1.16. The quantitative estimate of drug-likeness (QED) is 0.784. The second-order valence-corrected chi connectivity index (χ2v) is 3.84. The molecule has 1 aromatic rings. The van der Waals surface area contributed by atoms with E-state index in [0.29, 0.717) is 5.56 Å². The number of benzene rings is 1. The van der Waals surface area contributed by atoms with E-state index in [9.17, 15) is 18.3 Å². The van der Waals surface area contributed by atoms with Crippen LogP contribution in [0.25, 0.3) is 0 Å². The second kappa shape index (κ2) is 5.57. The molecule has 0 saturated carbocycles. The topological polar surface area (TPSA) is 52.5 Å². The Bertz CT molecular complexity index is 384. The van der Waals surface area contributed by atoms with Gasteiger partial charge < -0.3 is 15.5 Å². The molecule has 0 aromatic heterocycles. The van der Waals surface area contributed by atoms with Crippen LogP contribution in [0.15, 0.2) is 18.2 Å². The van der Waals surface area contributed by atoms with Gasteiger partial charge in [-0.2, -0.15) is 13.2 Å². The van der Waals surface area contributed by atoms with E-state index in [2.05, 4.69) is 5.32 Å². The molecule has 0 fully saturated rings. The standard InChI is InChI=1S/C10H11ClF3NO2/c11-7-3-1-2-6(9(7)17)4-15-5-8(16)10(12,13)14/h1-3,8,15-17H,4-5H2. The first kappa shape index (κ1) is 14.1. The monoisotopic (exact) mass is 269 g/mol. The predicted octanol–water partition coefficient (Wildman–Crippen LogP) is 2.06. The number of aliphatic hydroxyl groups excluding tert-OH is 1. The molecule has 0 bridgehead atoms. The summed E-state index contributed by atoms with van der Waals surface area (Å²) in [7, 11) is 0. The summed E-state index contributed by atoms with van der Waals surface area (Å²) in [6.07, 6.45) is -7.08. The van der Waals surface area contributed by atoms with Gasteiger partial charge in [-0.1, -0.05) is 23.7 Å². The van der Waals surface area contributed by atoms with Gasteiger partial charge >= 0.3 is 6.18 Å². The summed E-state index contributed by atoms with van der Waals surface area (Å²) in [5.74, 6) is -0.178. The molecule has 1 atom stereocenters. The molecule has 0 radical (unpaired) electrons. The lowest BCUT2D eigenvalue weighted by Crippen LogP contribution is -2.38. The summed E-state index contributed by atoms with van der Waals surface area (Å²) in [5, 5.41) is 20.7. The SMILES string of the molecule is Oc1c(Cl)cccc1CNCC(O)C(F)(F)F. The van der Waals surface area contributed by atoms with Crippen molar-refractivity contribution in [2.75, 3.05) is 6.54 Å². The molecule has 17 heavy (non-hydrogen) atoms. The third-order valence-electron chi connectivity index (χ3n) is 2.10. The van der Waals surface area contributed by atoms with E-state index in [1.54, 1.807) is 6.07 Å². The van der Waals surface area contributed by atoms with Crippen LogP contribution in [0.2, 0.25) is 5.02 Å². The van der Waals surface area contributed by atoms with Gasteiger partial charge in [0.1, 0.15) is 5.75 Å². The van der Waals surface area contributed by atoms with Gasteiger partial charge in [0.15, 0.2) is 6.10 Å². The average Bonchev–Trinajstić information content (AvgIpc) is 2.22. The van der Waals surface area contributed by atoms with Gasteiger partial charge in [0, 0.05) is 18.7 Å². The van der Waals surface area contributed by atoms with E-state index >= 15 is 0 Å². The van der Waals surface area contributed by atoms with Gasteiger partial charge in [-0.3, -0.25) is 0 Å². The van der Waals surface area contributed by atoms with Crippen molar-refractivity contribution in [2.24, 2.45) is 0 Å². The molecular formula is C10H11ClF3NO2. The average molecular weight is 270 g/mol. The summed E-state index contributed by atoms with van der Waals surface area (Å²) < 4.78 is 35.9. The summed E-state index contributed by atoms with van der Waals surface area (Å²) in [6, 6.07) is 4.55. The number of aliphatic hydroxyl groups is 1. The number of phenolic OH excluding ortho intramolecular Hbond substituents is 1. The Morgan fingerprint density at radius 1 is 1.35 bits per heavy atom. The highest BCUT2D eigenvalue weighted by Crippen LogP contribution is 2.26. The zero-order valence-corrected chi connectivity index (χ0v) is 9.39. The van der Waals surface area contributed by atoms with E-state index in [1.807, 2.05) is 0 Å². The van der Waals surface area contributed by atoms with Gasteiger partial charge in [-0.15, -0.1) is 0 Å². The fourth-order valence-corrected chi connectivity index (χ4v) is 1.36. The van der Waals surface area contributed by atoms with Crippen LogP contribution < -0.4 is 5.32 Å². The molecule has 1 unspecified atom stereocenters. The van der Waals surface area contributed by atoms with Crippen molar-refractivity contribution in [1.82, 2.24) is 5.32 Å². The van der Waals surface area contributed by atoms with Crippen LogP contribution in [0.3, 0.4) is 0 Å². The fraction of sp³-hybridized carbons (Fsp3) is 0.400. The number of rotatable bonds is 4. The molecule has 1 aromatic carbocycles. The molecule has 3 nitrogen and oxygen atoms in total. The van der Waals surface area contributed by atoms with Crippen molar-refractivity contribution in [2.45, 2.75) is 18.8 Å². The van der Waals surface area contributed by atoms with Gasteiger partial charge in [0.2, 0.25) is 0 Å². The molecule has 0 aliphatic rings. The summed E-state index contributed by atoms with van der Waals surface area (Å²) in [6.45, 7) is -0.658. The number of hydrogen-bond donors (Lipinski definition) is 3. The number of phenols is 1. The van der Waals surface area contributed by atoms with Gasteiger partial charge in [-0.05, 0) is 6.07 Å². The first-order chi connectivity index (χ1) is 7.82. The smallest absolute Gasteiger partial charge is 0.415 e. The van der Waals surface area contributed by atoms with Crippen LogP contribution in [-0.2, 0) is 6.54 Å². The first-order valence-electron chi connectivity index (χ1n) is 4.74. The van der Waals surface area contributed by atoms with Crippen molar-refractivity contribution in [3.63, 3.8) is 0 Å². The third-order valence-corrected chi connectivity index (χ3v) is 2.41. The van der Waals surface area contributed by atoms with Crippen LogP contribution in [0.1, 0.15) is 5.56 Å². The summed E-state index contributed by atoms with van der Waals surface area (Å²) in [5.41, 5.74) is 0.367. The predicted molar refractivity (Wildman–Crippen MR) is 56.9 cm³/mol. The Balaban J connectivity index is 2.49. The normalized spacial score (nSPS) is 13.7. The number of nitrogens with one attached hydrogen (secondary N) is 1. The zero-order valence-electron chi connectivity index (χ0n) is 8.63. The third kappa shape index (κ3) is 4.07. The minimum atomic E-state index is -4.65. The second-order valence-electron chi connectivity index (χ2n) is 3.44. The maximum atomic E-state index is 12.0. The summed E-state index contributed by atoms with van der Waals surface area (Å²) in [4.78, 5) is 0. The molecule has 0 aliphatic carbocycles. The highest BCUT2D eigenvalue weighted by Gasteiger charge is 2.37. The first-order valence-corrected chi connectivity index (χ1v) is 5.12. The Morgan fingerprint density at radius 3 is 2.59 bits per heavy atom. The van der Waals surface area contributed by atoms with Crippen LogP contribution in [-0.4, -0.2) is 29.0 Å². The Labute approximate surface area is 101 Å². The van der Waals surface area contributed by atoms with Crippen molar-refractivity contribution in [1.29, 1.82) is 0 Å². The van der Waals surface area contributed by atoms with E-state index in [1.165, 1.54) is 12.1 Å². The molecule has 1 rings (SSSR count). The number of hydrogen-bond acceptors (Lipinski definition) is 3. The maximum absolute atomic E-state index is 12.0. The Kier molecular flexibility index (Phi) is 4.62. The Morgan fingerprint density at radius 2 is 2.00 bits per heavy atom. The lowest BCUT2D eigenvalue weighted by atomic mass is 10.2. The molecule has 7 heteroatoms. The van der Waals surface area contributed by atoms with Crippen molar-refractivity contribution < 1.29 is 23.4 Å². The highest BCUT2D eigenvalue weighted by atomic mass is 35.5. The van der Waals surface area contributed by atoms with E-state index in [-0.39, 0.29) is 17.3 Å². The van der Waals surface area contributed by atoms with Gasteiger partial charge in [0.25, 0.3) is 0 Å². The van der Waals surface area contributed by atoms with Crippen molar-refractivity contribution >= 4 is 11.6 Å². The molecule has 0 heterocycles. The Hall–Kier alpha value is -0.980. The van der Waals surface area contributed by atoms with Gasteiger partial charge in [0.05, 0.1) is 5.02 Å². The zero-order chi connectivity index (χ0) is 13.1. The maximum Gasteiger partial charge on any atom is 0.415 e. The summed E-state index contributed by atoms with van der Waals surface area (Å²) >= 11 is 5.62. The molecule has 0 saturated heterocycles. The van der Waals surface area contributed by atoms with E-state index in [0.717, 1.165) is 0 Å². The molecule has 96 valence electrons. The molecule has 0 amide bonds. The minimum Gasteiger partial charge on any atom is -0.506 e. The van der Waals surface area contributed by atoms with Gasteiger partial charge in [-0.25, -0.2) is 0 Å². The number of aromatic hydroxyl groups is 1. The largest absolute Gasteiger partial charge is 0.506 e.